The lowest BCUT2D eigenvalue weighted by Gasteiger charge is -2.09. The number of hydrogen-bond acceptors (Lipinski definition) is 5. The molecule has 0 spiro atoms. The number of nitrogens with two attached hydrogens (primary N) is 1. The van der Waals surface area contributed by atoms with E-state index < -0.39 is 0 Å². The van der Waals surface area contributed by atoms with Gasteiger partial charge in [0.1, 0.15) is 12.0 Å². The molecule has 0 saturated carbocycles. The summed E-state index contributed by atoms with van der Waals surface area (Å²) in [5.74, 6) is 0.539. The maximum absolute atomic E-state index is 5.83. The van der Waals surface area contributed by atoms with Crippen molar-refractivity contribution in [1.82, 2.24) is 9.97 Å². The zero-order valence-electron chi connectivity index (χ0n) is 10.6. The molecule has 5 nitrogen and oxygen atoms in total. The van der Waals surface area contributed by atoms with Crippen molar-refractivity contribution in [3.63, 3.8) is 0 Å². The number of rotatable bonds is 5. The summed E-state index contributed by atoms with van der Waals surface area (Å²) in [4.78, 5) is 7.86. The zero-order chi connectivity index (χ0) is 13.7. The predicted molar refractivity (Wildman–Crippen MR) is 75.9 cm³/mol. The average molecular weight is 279 g/mol. The highest BCUT2D eigenvalue weighted by Gasteiger charge is 2.05. The molecule has 1 heterocycles. The van der Waals surface area contributed by atoms with Gasteiger partial charge in [0, 0.05) is 13.7 Å². The SMILES string of the molecule is COCc1cccc(CNc2ncnc(Cl)c2N)c1. The fraction of sp³-hybridized carbons (Fsp3) is 0.231. The highest BCUT2D eigenvalue weighted by Crippen LogP contribution is 2.22. The Morgan fingerprint density at radius 3 is 2.89 bits per heavy atom. The molecule has 0 atom stereocenters. The topological polar surface area (TPSA) is 73.1 Å². The number of nitrogens with one attached hydrogen (secondary N) is 1. The van der Waals surface area contributed by atoms with Gasteiger partial charge in [-0.25, -0.2) is 9.97 Å². The lowest BCUT2D eigenvalue weighted by molar-refractivity contribution is 0.185. The van der Waals surface area contributed by atoms with E-state index in [2.05, 4.69) is 21.4 Å². The van der Waals surface area contributed by atoms with Crippen LogP contribution in [0.5, 0.6) is 0 Å². The van der Waals surface area contributed by atoms with E-state index >= 15 is 0 Å². The summed E-state index contributed by atoms with van der Waals surface area (Å²) < 4.78 is 5.10. The largest absolute Gasteiger partial charge is 0.393 e. The minimum atomic E-state index is 0.255. The first kappa shape index (κ1) is 13.6. The minimum absolute atomic E-state index is 0.255. The number of ether oxygens (including phenoxy) is 1. The lowest BCUT2D eigenvalue weighted by atomic mass is 10.1. The van der Waals surface area contributed by atoms with Crippen molar-refractivity contribution >= 4 is 23.1 Å². The second-order valence-electron chi connectivity index (χ2n) is 4.03. The molecule has 3 N–H and O–H groups in total. The Labute approximate surface area is 116 Å². The number of aromatic nitrogens is 2. The van der Waals surface area contributed by atoms with Crippen LogP contribution >= 0.6 is 11.6 Å². The third kappa shape index (κ3) is 3.56. The summed E-state index contributed by atoms with van der Waals surface area (Å²) >= 11 is 5.83. The first-order chi connectivity index (χ1) is 9.20. The smallest absolute Gasteiger partial charge is 0.157 e. The number of nitrogens with zero attached hydrogens (tertiary/aromatic N) is 2. The molecule has 0 fully saturated rings. The van der Waals surface area contributed by atoms with Gasteiger partial charge in [0.2, 0.25) is 0 Å². The van der Waals surface area contributed by atoms with Gasteiger partial charge in [-0.1, -0.05) is 35.9 Å². The molecule has 0 aliphatic carbocycles. The van der Waals surface area contributed by atoms with Crippen LogP contribution in [0.15, 0.2) is 30.6 Å². The number of benzene rings is 1. The Morgan fingerprint density at radius 1 is 1.32 bits per heavy atom. The van der Waals surface area contributed by atoms with E-state index in [1.165, 1.54) is 6.33 Å². The molecule has 0 amide bonds. The van der Waals surface area contributed by atoms with Crippen LogP contribution in [-0.4, -0.2) is 17.1 Å². The normalized spacial score (nSPS) is 10.4. The molecular weight excluding hydrogens is 264 g/mol. The van der Waals surface area contributed by atoms with Gasteiger partial charge in [-0.2, -0.15) is 0 Å². The van der Waals surface area contributed by atoms with E-state index in [1.807, 2.05) is 18.2 Å². The number of methoxy groups -OCH3 is 1. The number of hydrogen-bond donors (Lipinski definition) is 2. The summed E-state index contributed by atoms with van der Waals surface area (Å²) in [7, 11) is 1.68. The summed E-state index contributed by atoms with van der Waals surface area (Å²) in [6.07, 6.45) is 1.38. The monoisotopic (exact) mass is 278 g/mol. The van der Waals surface area contributed by atoms with Crippen molar-refractivity contribution in [2.45, 2.75) is 13.2 Å². The van der Waals surface area contributed by atoms with Gasteiger partial charge >= 0.3 is 0 Å². The summed E-state index contributed by atoms with van der Waals surface area (Å²) in [5, 5.41) is 3.39. The van der Waals surface area contributed by atoms with Crippen LogP contribution < -0.4 is 11.1 Å². The highest BCUT2D eigenvalue weighted by molar-refractivity contribution is 6.32. The Kier molecular flexibility index (Phi) is 4.54. The first-order valence-corrected chi connectivity index (χ1v) is 6.15. The van der Waals surface area contributed by atoms with Crippen LogP contribution in [0.25, 0.3) is 0 Å². The second kappa shape index (κ2) is 6.36. The fourth-order valence-corrected chi connectivity index (χ4v) is 1.83. The van der Waals surface area contributed by atoms with Crippen molar-refractivity contribution in [3.05, 3.63) is 46.9 Å². The third-order valence-corrected chi connectivity index (χ3v) is 2.90. The maximum atomic E-state index is 5.83. The van der Waals surface area contributed by atoms with E-state index in [4.69, 9.17) is 22.1 Å². The number of nitrogen functional groups attached to an aromatic ring is 1. The third-order valence-electron chi connectivity index (χ3n) is 2.60. The molecule has 100 valence electrons. The molecular formula is C13H15ClN4O. The molecule has 0 bridgehead atoms. The summed E-state index contributed by atoms with van der Waals surface area (Å²) in [6.45, 7) is 1.20. The summed E-state index contributed by atoms with van der Waals surface area (Å²) in [6, 6.07) is 8.09. The molecule has 19 heavy (non-hydrogen) atoms. The standard InChI is InChI=1S/C13H15ClN4O/c1-19-7-10-4-2-3-9(5-10)6-16-13-11(15)12(14)17-8-18-13/h2-5,8H,6-7,15H2,1H3,(H,16,17,18). The fourth-order valence-electron chi connectivity index (χ4n) is 1.70. The summed E-state index contributed by atoms with van der Waals surface area (Å²) in [5.41, 5.74) is 8.38. The van der Waals surface area contributed by atoms with Crippen LogP contribution in [0, 0.1) is 0 Å². The lowest BCUT2D eigenvalue weighted by Crippen LogP contribution is -2.06. The quantitative estimate of drug-likeness (QED) is 0.822. The van der Waals surface area contributed by atoms with Gasteiger partial charge in [-0.05, 0) is 11.1 Å². The first-order valence-electron chi connectivity index (χ1n) is 5.77. The molecule has 2 aromatic rings. The van der Waals surface area contributed by atoms with Crippen LogP contribution in [0.1, 0.15) is 11.1 Å². The molecule has 2 rings (SSSR count). The van der Waals surface area contributed by atoms with E-state index in [1.54, 1.807) is 7.11 Å². The highest BCUT2D eigenvalue weighted by atomic mass is 35.5. The van der Waals surface area contributed by atoms with Gasteiger partial charge in [0.15, 0.2) is 11.0 Å². The molecule has 0 aliphatic rings. The number of halogens is 1. The van der Waals surface area contributed by atoms with E-state index in [0.717, 1.165) is 11.1 Å². The molecule has 0 aliphatic heterocycles. The van der Waals surface area contributed by atoms with E-state index in [-0.39, 0.29) is 5.15 Å². The van der Waals surface area contributed by atoms with Crippen LogP contribution in [0.2, 0.25) is 5.15 Å². The Bertz CT molecular complexity index is 562. The van der Waals surface area contributed by atoms with Crippen molar-refractivity contribution in [3.8, 4) is 0 Å². The van der Waals surface area contributed by atoms with Gasteiger partial charge < -0.3 is 15.8 Å². The van der Waals surface area contributed by atoms with Crippen molar-refractivity contribution in [1.29, 1.82) is 0 Å². The zero-order valence-corrected chi connectivity index (χ0v) is 11.3. The van der Waals surface area contributed by atoms with Crippen molar-refractivity contribution in [2.75, 3.05) is 18.2 Å². The van der Waals surface area contributed by atoms with E-state index in [9.17, 15) is 0 Å². The van der Waals surface area contributed by atoms with Crippen LogP contribution in [0.4, 0.5) is 11.5 Å². The number of anilines is 2. The molecule has 0 unspecified atom stereocenters. The van der Waals surface area contributed by atoms with Gasteiger partial charge in [-0.3, -0.25) is 0 Å². The Morgan fingerprint density at radius 2 is 2.11 bits per heavy atom. The average Bonchev–Trinajstić information content (AvgIpc) is 2.41. The van der Waals surface area contributed by atoms with Crippen molar-refractivity contribution in [2.24, 2.45) is 0 Å². The second-order valence-corrected chi connectivity index (χ2v) is 4.39. The van der Waals surface area contributed by atoms with Gasteiger partial charge in [0.25, 0.3) is 0 Å². The molecule has 0 radical (unpaired) electrons. The van der Waals surface area contributed by atoms with Crippen LogP contribution in [0.3, 0.4) is 0 Å². The predicted octanol–water partition coefficient (Wildman–Crippen LogP) is 2.47. The van der Waals surface area contributed by atoms with E-state index in [0.29, 0.717) is 24.7 Å². The molecule has 6 heteroatoms. The molecule has 0 saturated heterocycles. The Balaban J connectivity index is 2.06. The maximum Gasteiger partial charge on any atom is 0.157 e. The van der Waals surface area contributed by atoms with Crippen LogP contribution in [-0.2, 0) is 17.9 Å². The van der Waals surface area contributed by atoms with Crippen molar-refractivity contribution < 1.29 is 4.74 Å². The van der Waals surface area contributed by atoms with Gasteiger partial charge in [0.05, 0.1) is 6.61 Å². The molecule has 1 aromatic heterocycles. The molecule has 1 aromatic carbocycles. The minimum Gasteiger partial charge on any atom is -0.393 e. The Hall–Kier alpha value is -1.85. The van der Waals surface area contributed by atoms with Gasteiger partial charge in [-0.15, -0.1) is 0 Å².